The minimum Gasteiger partial charge on any atom is -0.497 e. The van der Waals surface area contributed by atoms with E-state index in [2.05, 4.69) is 61.4 Å². The van der Waals surface area contributed by atoms with Crippen molar-refractivity contribution >= 4 is 37.5 Å². The minimum atomic E-state index is 0.349. The lowest BCUT2D eigenvalue weighted by atomic mass is 10.0. The third kappa shape index (κ3) is 3.61. The molecule has 0 heterocycles. The molecule has 2 aromatic carbocycles. The number of anilines is 1. The van der Waals surface area contributed by atoms with E-state index >= 15 is 0 Å². The summed E-state index contributed by atoms with van der Waals surface area (Å²) >= 11 is 7.16. The monoisotopic (exact) mass is 409 g/mol. The Hall–Kier alpha value is -1.00. The van der Waals surface area contributed by atoms with E-state index in [-0.39, 0.29) is 0 Å². The summed E-state index contributed by atoms with van der Waals surface area (Å²) in [6.45, 7) is 0. The fourth-order valence-electron chi connectivity index (χ4n) is 2.49. The van der Waals surface area contributed by atoms with Crippen LogP contribution in [0.4, 0.5) is 5.69 Å². The average Bonchev–Trinajstić information content (AvgIpc) is 3.33. The van der Waals surface area contributed by atoms with E-state index < -0.39 is 0 Å². The van der Waals surface area contributed by atoms with Crippen LogP contribution < -0.4 is 10.1 Å². The second kappa shape index (κ2) is 6.41. The molecule has 1 aliphatic carbocycles. The van der Waals surface area contributed by atoms with Crippen LogP contribution in [0.25, 0.3) is 0 Å². The molecule has 1 atom stereocenters. The Labute approximate surface area is 142 Å². The maximum atomic E-state index is 5.24. The zero-order valence-electron chi connectivity index (χ0n) is 11.8. The Balaban J connectivity index is 1.86. The second-order valence-electron chi connectivity index (χ2n) is 5.36. The lowest BCUT2D eigenvalue weighted by Gasteiger charge is -2.21. The molecule has 3 rings (SSSR count). The number of hydrogen-bond acceptors (Lipinski definition) is 2. The quantitative estimate of drug-likeness (QED) is 0.674. The van der Waals surface area contributed by atoms with Gasteiger partial charge in [-0.1, -0.05) is 28.1 Å². The van der Waals surface area contributed by atoms with Gasteiger partial charge >= 0.3 is 0 Å². The largest absolute Gasteiger partial charge is 0.497 e. The molecule has 1 N–H and O–H groups in total. The van der Waals surface area contributed by atoms with Gasteiger partial charge in [-0.05, 0) is 70.6 Å². The first-order valence-electron chi connectivity index (χ1n) is 7.03. The molecule has 1 fully saturated rings. The van der Waals surface area contributed by atoms with E-state index in [0.717, 1.165) is 20.4 Å². The molecule has 0 bridgehead atoms. The van der Waals surface area contributed by atoms with Crippen molar-refractivity contribution in [3.8, 4) is 5.75 Å². The van der Waals surface area contributed by atoms with Crippen LogP contribution in [-0.2, 0) is 0 Å². The maximum absolute atomic E-state index is 5.24. The summed E-state index contributed by atoms with van der Waals surface area (Å²) in [5, 5.41) is 3.69. The van der Waals surface area contributed by atoms with Crippen molar-refractivity contribution in [2.75, 3.05) is 12.4 Å². The van der Waals surface area contributed by atoms with Crippen molar-refractivity contribution in [2.24, 2.45) is 5.92 Å². The second-order valence-corrected chi connectivity index (χ2v) is 7.13. The van der Waals surface area contributed by atoms with Crippen LogP contribution >= 0.6 is 31.9 Å². The Morgan fingerprint density at radius 2 is 1.81 bits per heavy atom. The van der Waals surface area contributed by atoms with E-state index in [1.165, 1.54) is 18.4 Å². The molecular formula is C17H17Br2NO. The van der Waals surface area contributed by atoms with Gasteiger partial charge in [0, 0.05) is 8.95 Å². The van der Waals surface area contributed by atoms with Gasteiger partial charge in [0.25, 0.3) is 0 Å². The van der Waals surface area contributed by atoms with Gasteiger partial charge < -0.3 is 10.1 Å². The Bertz CT molecular complexity index is 623. The van der Waals surface area contributed by atoms with Crippen molar-refractivity contribution in [3.63, 3.8) is 0 Å². The van der Waals surface area contributed by atoms with Crippen molar-refractivity contribution in [1.82, 2.24) is 0 Å². The molecule has 1 saturated carbocycles. The zero-order chi connectivity index (χ0) is 14.8. The topological polar surface area (TPSA) is 21.3 Å². The first kappa shape index (κ1) is 14.9. The Morgan fingerprint density at radius 3 is 2.43 bits per heavy atom. The molecule has 0 saturated heterocycles. The summed E-state index contributed by atoms with van der Waals surface area (Å²) in [5.74, 6) is 1.61. The fraction of sp³-hybridized carbons (Fsp3) is 0.294. The van der Waals surface area contributed by atoms with Crippen LogP contribution in [0.1, 0.15) is 24.4 Å². The zero-order valence-corrected chi connectivity index (χ0v) is 14.9. The molecule has 0 amide bonds. The van der Waals surface area contributed by atoms with E-state index in [1.807, 2.05) is 18.2 Å². The molecule has 1 aliphatic rings. The highest BCUT2D eigenvalue weighted by Gasteiger charge is 2.32. The molecule has 2 nitrogen and oxygen atoms in total. The number of rotatable bonds is 5. The van der Waals surface area contributed by atoms with Crippen LogP contribution in [0, 0.1) is 5.92 Å². The third-order valence-corrected chi connectivity index (χ3v) is 4.99. The van der Waals surface area contributed by atoms with Gasteiger partial charge in [-0.15, -0.1) is 0 Å². The van der Waals surface area contributed by atoms with Crippen LogP contribution in [-0.4, -0.2) is 7.11 Å². The van der Waals surface area contributed by atoms with Crippen LogP contribution in [0.5, 0.6) is 5.75 Å². The molecule has 0 aromatic heterocycles. The maximum Gasteiger partial charge on any atom is 0.118 e. The highest BCUT2D eigenvalue weighted by Crippen LogP contribution is 2.44. The molecule has 1 unspecified atom stereocenters. The first-order chi connectivity index (χ1) is 10.2. The standard InChI is InChI=1S/C17H17Br2NO/c1-21-14-7-4-12(5-8-14)17(11-2-3-11)20-16-10-13(18)6-9-15(16)19/h4-11,17,20H,2-3H2,1H3. The summed E-state index contributed by atoms with van der Waals surface area (Å²) in [5.41, 5.74) is 2.43. The van der Waals surface area contributed by atoms with Crippen molar-refractivity contribution < 1.29 is 4.74 Å². The molecule has 0 radical (unpaired) electrons. The van der Waals surface area contributed by atoms with Gasteiger partial charge in [0.15, 0.2) is 0 Å². The fourth-order valence-corrected chi connectivity index (χ4v) is 3.21. The minimum absolute atomic E-state index is 0.349. The number of halogens is 2. The van der Waals surface area contributed by atoms with Crippen LogP contribution in [0.2, 0.25) is 0 Å². The summed E-state index contributed by atoms with van der Waals surface area (Å²) in [6, 6.07) is 14.9. The summed E-state index contributed by atoms with van der Waals surface area (Å²) in [4.78, 5) is 0. The number of ether oxygens (including phenoxy) is 1. The molecule has 0 aliphatic heterocycles. The summed E-state index contributed by atoms with van der Waals surface area (Å²) in [7, 11) is 1.70. The van der Waals surface area contributed by atoms with E-state index in [4.69, 9.17) is 4.74 Å². The third-order valence-electron chi connectivity index (χ3n) is 3.81. The Morgan fingerprint density at radius 1 is 1.10 bits per heavy atom. The van der Waals surface area contributed by atoms with Crippen LogP contribution in [0.3, 0.4) is 0 Å². The van der Waals surface area contributed by atoms with Crippen LogP contribution in [0.15, 0.2) is 51.4 Å². The average molecular weight is 411 g/mol. The molecule has 0 spiro atoms. The summed E-state index contributed by atoms with van der Waals surface area (Å²) in [6.07, 6.45) is 2.57. The normalized spacial score (nSPS) is 15.6. The highest BCUT2D eigenvalue weighted by molar-refractivity contribution is 9.11. The molecule has 4 heteroatoms. The van der Waals surface area contributed by atoms with Gasteiger partial charge in [-0.25, -0.2) is 0 Å². The van der Waals surface area contributed by atoms with Crippen molar-refractivity contribution in [3.05, 3.63) is 57.0 Å². The van der Waals surface area contributed by atoms with Gasteiger partial charge in [0.1, 0.15) is 5.75 Å². The first-order valence-corrected chi connectivity index (χ1v) is 8.61. The number of methoxy groups -OCH3 is 1. The van der Waals surface area contributed by atoms with Gasteiger partial charge in [-0.2, -0.15) is 0 Å². The van der Waals surface area contributed by atoms with Gasteiger partial charge in [-0.3, -0.25) is 0 Å². The van der Waals surface area contributed by atoms with E-state index in [9.17, 15) is 0 Å². The Kier molecular flexibility index (Phi) is 4.55. The molecule has 2 aromatic rings. The number of hydrogen-bond donors (Lipinski definition) is 1. The van der Waals surface area contributed by atoms with Gasteiger partial charge in [0.05, 0.1) is 18.8 Å². The molecular weight excluding hydrogens is 394 g/mol. The van der Waals surface area contributed by atoms with E-state index in [1.54, 1.807) is 7.11 Å². The molecule has 21 heavy (non-hydrogen) atoms. The molecule has 110 valence electrons. The predicted molar refractivity (Wildman–Crippen MR) is 93.9 cm³/mol. The smallest absolute Gasteiger partial charge is 0.118 e. The van der Waals surface area contributed by atoms with Crippen molar-refractivity contribution in [1.29, 1.82) is 0 Å². The highest BCUT2D eigenvalue weighted by atomic mass is 79.9. The number of nitrogens with one attached hydrogen (secondary N) is 1. The number of benzene rings is 2. The van der Waals surface area contributed by atoms with E-state index in [0.29, 0.717) is 12.0 Å². The summed E-state index contributed by atoms with van der Waals surface area (Å²) < 4.78 is 7.41. The lowest BCUT2D eigenvalue weighted by Crippen LogP contribution is -2.13. The lowest BCUT2D eigenvalue weighted by molar-refractivity contribution is 0.414. The SMILES string of the molecule is COc1ccc(C(Nc2cc(Br)ccc2Br)C2CC2)cc1. The predicted octanol–water partition coefficient (Wildman–Crippen LogP) is 5.78. The van der Waals surface area contributed by atoms with Gasteiger partial charge in [0.2, 0.25) is 0 Å². The van der Waals surface area contributed by atoms with Crippen molar-refractivity contribution in [2.45, 2.75) is 18.9 Å².